The van der Waals surface area contributed by atoms with Gasteiger partial charge in [-0.2, -0.15) is 0 Å². The van der Waals surface area contributed by atoms with Gasteiger partial charge in [0, 0.05) is 56.1 Å². The molecule has 0 bridgehead atoms. The first-order valence-electron chi connectivity index (χ1n) is 15.1. The van der Waals surface area contributed by atoms with Crippen molar-refractivity contribution in [1.29, 1.82) is 0 Å². The number of hydrogen-bond donors (Lipinski definition) is 3. The Bertz CT molecular complexity index is 1570. The summed E-state index contributed by atoms with van der Waals surface area (Å²) in [5.74, 6) is -0.260. The standard InChI is InChI=1S/C35H39N3O6S/c1-23-30(22-45-35-36-17-18-38(35)2)43-34(44-33(23)27-11-9-24(21-39)10-12-27)28-15-13-26(14-16-28)29-6-3-5-25(19-29)20-37-31(40)7-4-8-32(41)42/h3,5-6,9-19,23,30,33-34,39H,4,7-8,20-22H2,1-2H3,(H,37,40)(H,41,42)/t23-,30+,33+,34+/m1/s1. The van der Waals surface area contributed by atoms with Gasteiger partial charge in [-0.15, -0.1) is 0 Å². The smallest absolute Gasteiger partial charge is 0.303 e. The number of rotatable bonds is 13. The Balaban J connectivity index is 1.29. The third-order valence-corrected chi connectivity index (χ3v) is 9.15. The summed E-state index contributed by atoms with van der Waals surface area (Å²) in [6.45, 7) is 2.52. The maximum absolute atomic E-state index is 12.1. The molecule has 3 N–H and O–H groups in total. The lowest BCUT2D eigenvalue weighted by molar-refractivity contribution is -0.268. The van der Waals surface area contributed by atoms with Crippen LogP contribution in [0.5, 0.6) is 0 Å². The maximum Gasteiger partial charge on any atom is 0.303 e. The highest BCUT2D eigenvalue weighted by Crippen LogP contribution is 2.43. The Labute approximate surface area is 267 Å². The summed E-state index contributed by atoms with van der Waals surface area (Å²) in [4.78, 5) is 27.2. The molecule has 1 amide bonds. The molecule has 0 radical (unpaired) electrons. The molecule has 9 nitrogen and oxygen atoms in total. The van der Waals surface area contributed by atoms with Crippen LogP contribution in [0.1, 0.15) is 60.8 Å². The van der Waals surface area contributed by atoms with E-state index in [1.807, 2.05) is 90.6 Å². The Morgan fingerprint density at radius 2 is 1.71 bits per heavy atom. The second-order valence-electron chi connectivity index (χ2n) is 11.3. The number of nitrogens with zero attached hydrogens (tertiary/aromatic N) is 2. The number of aromatic nitrogens is 2. The number of ether oxygens (including phenoxy) is 2. The Morgan fingerprint density at radius 1 is 0.956 bits per heavy atom. The van der Waals surface area contributed by atoms with Gasteiger partial charge < -0.3 is 29.6 Å². The van der Waals surface area contributed by atoms with Crippen LogP contribution < -0.4 is 5.32 Å². The first-order chi connectivity index (χ1) is 21.8. The number of aliphatic hydroxyl groups is 1. The van der Waals surface area contributed by atoms with E-state index in [2.05, 4.69) is 17.2 Å². The van der Waals surface area contributed by atoms with Crippen LogP contribution in [0.4, 0.5) is 0 Å². The molecule has 1 aliphatic rings. The van der Waals surface area contributed by atoms with Crippen molar-refractivity contribution in [2.45, 2.75) is 63.0 Å². The zero-order chi connectivity index (χ0) is 31.8. The van der Waals surface area contributed by atoms with Crippen molar-refractivity contribution in [3.8, 4) is 11.1 Å². The molecule has 0 spiro atoms. The molecule has 10 heteroatoms. The van der Waals surface area contributed by atoms with Gasteiger partial charge in [-0.25, -0.2) is 4.98 Å². The van der Waals surface area contributed by atoms with Crippen LogP contribution in [0.2, 0.25) is 0 Å². The predicted molar refractivity (Wildman–Crippen MR) is 172 cm³/mol. The summed E-state index contributed by atoms with van der Waals surface area (Å²) in [6, 6.07) is 24.0. The van der Waals surface area contributed by atoms with Gasteiger partial charge in [-0.1, -0.05) is 85.4 Å². The summed E-state index contributed by atoms with van der Waals surface area (Å²) in [6.07, 6.45) is 3.37. The third kappa shape index (κ3) is 8.61. The molecule has 2 heterocycles. The summed E-state index contributed by atoms with van der Waals surface area (Å²) in [5, 5.41) is 22.1. The molecule has 236 valence electrons. The molecule has 1 saturated heterocycles. The van der Waals surface area contributed by atoms with E-state index in [0.717, 1.165) is 44.3 Å². The number of aryl methyl sites for hydroxylation is 1. The Hall–Kier alpha value is -3.96. The van der Waals surface area contributed by atoms with Gasteiger partial charge in [0.1, 0.15) is 0 Å². The number of aliphatic carboxylic acids is 1. The SMILES string of the molecule is C[C@@H]1[C@H](CSc2nccn2C)O[C@H](c2ccc(-c3cccc(CNC(=O)CCCC(=O)O)c3)cc2)O[C@@H]1c1ccc(CO)cc1. The van der Waals surface area contributed by atoms with Crippen LogP contribution in [0.3, 0.4) is 0 Å². The van der Waals surface area contributed by atoms with Crippen LogP contribution in [0, 0.1) is 5.92 Å². The lowest BCUT2D eigenvalue weighted by Crippen LogP contribution is -2.38. The zero-order valence-corrected chi connectivity index (χ0v) is 26.3. The van der Waals surface area contributed by atoms with Crippen LogP contribution >= 0.6 is 11.8 Å². The highest BCUT2D eigenvalue weighted by Gasteiger charge is 2.38. The summed E-state index contributed by atoms with van der Waals surface area (Å²) in [7, 11) is 1.98. The topological polar surface area (TPSA) is 123 Å². The highest BCUT2D eigenvalue weighted by molar-refractivity contribution is 7.99. The summed E-state index contributed by atoms with van der Waals surface area (Å²) >= 11 is 1.66. The van der Waals surface area contributed by atoms with E-state index < -0.39 is 12.3 Å². The van der Waals surface area contributed by atoms with Crippen molar-refractivity contribution in [3.05, 3.63) is 107 Å². The van der Waals surface area contributed by atoms with E-state index in [1.165, 1.54) is 0 Å². The summed E-state index contributed by atoms with van der Waals surface area (Å²) in [5.41, 5.74) is 5.82. The molecule has 0 aliphatic carbocycles. The van der Waals surface area contributed by atoms with Gasteiger partial charge in [0.2, 0.25) is 5.91 Å². The average Bonchev–Trinajstić information content (AvgIpc) is 3.47. The van der Waals surface area contributed by atoms with Crippen LogP contribution in [-0.2, 0) is 39.3 Å². The number of aliphatic hydroxyl groups excluding tert-OH is 1. The van der Waals surface area contributed by atoms with E-state index in [-0.39, 0.29) is 43.5 Å². The average molecular weight is 630 g/mol. The van der Waals surface area contributed by atoms with Gasteiger partial charge in [0.15, 0.2) is 11.4 Å². The lowest BCUT2D eigenvalue weighted by Gasteiger charge is -2.41. The number of nitrogens with one attached hydrogen (secondary N) is 1. The molecule has 4 atom stereocenters. The maximum atomic E-state index is 12.1. The number of carbonyl (C=O) groups is 2. The van der Waals surface area contributed by atoms with Crippen molar-refractivity contribution in [1.82, 2.24) is 14.9 Å². The second kappa shape index (κ2) is 15.4. The fourth-order valence-electron chi connectivity index (χ4n) is 5.34. The monoisotopic (exact) mass is 629 g/mol. The molecule has 4 aromatic rings. The Kier molecular flexibility index (Phi) is 11.1. The number of hydrogen-bond acceptors (Lipinski definition) is 7. The fourth-order valence-corrected chi connectivity index (χ4v) is 6.44. The number of benzene rings is 3. The van der Waals surface area contributed by atoms with Crippen LogP contribution in [0.25, 0.3) is 11.1 Å². The predicted octanol–water partition coefficient (Wildman–Crippen LogP) is 6.03. The van der Waals surface area contributed by atoms with Crippen molar-refractivity contribution in [2.24, 2.45) is 13.0 Å². The highest BCUT2D eigenvalue weighted by atomic mass is 32.2. The number of carboxylic acids is 1. The molecule has 1 aromatic heterocycles. The number of thioether (sulfide) groups is 1. The minimum absolute atomic E-state index is 0.00544. The van der Waals surface area contributed by atoms with Crippen molar-refractivity contribution < 1.29 is 29.3 Å². The molecule has 45 heavy (non-hydrogen) atoms. The molecule has 3 aromatic carbocycles. The fraction of sp³-hybridized carbons (Fsp3) is 0.343. The van der Waals surface area contributed by atoms with Gasteiger partial charge >= 0.3 is 5.97 Å². The number of amides is 1. The molecular formula is C35H39N3O6S. The molecular weight excluding hydrogens is 590 g/mol. The summed E-state index contributed by atoms with van der Waals surface area (Å²) < 4.78 is 15.2. The molecule has 1 fully saturated rings. The van der Waals surface area contributed by atoms with E-state index in [0.29, 0.717) is 13.0 Å². The van der Waals surface area contributed by atoms with Crippen molar-refractivity contribution in [3.63, 3.8) is 0 Å². The minimum Gasteiger partial charge on any atom is -0.481 e. The quantitative estimate of drug-likeness (QED) is 0.153. The van der Waals surface area contributed by atoms with E-state index in [4.69, 9.17) is 14.6 Å². The van der Waals surface area contributed by atoms with Crippen molar-refractivity contribution >= 4 is 23.6 Å². The van der Waals surface area contributed by atoms with Gasteiger partial charge in [-0.3, -0.25) is 9.59 Å². The van der Waals surface area contributed by atoms with Crippen LogP contribution in [-0.4, -0.2) is 43.5 Å². The lowest BCUT2D eigenvalue weighted by atomic mass is 9.91. The number of carboxylic acid groups (broad SMARTS) is 1. The zero-order valence-electron chi connectivity index (χ0n) is 25.5. The first-order valence-corrected chi connectivity index (χ1v) is 16.1. The number of carbonyl (C=O) groups excluding carboxylic acids is 1. The largest absolute Gasteiger partial charge is 0.481 e. The normalized spacial score (nSPS) is 19.7. The van der Waals surface area contributed by atoms with E-state index in [9.17, 15) is 14.7 Å². The van der Waals surface area contributed by atoms with E-state index >= 15 is 0 Å². The second-order valence-corrected chi connectivity index (χ2v) is 12.3. The van der Waals surface area contributed by atoms with E-state index in [1.54, 1.807) is 18.0 Å². The molecule has 1 aliphatic heterocycles. The number of imidazole rings is 1. The first kappa shape index (κ1) is 32.4. The van der Waals surface area contributed by atoms with Crippen LogP contribution in [0.15, 0.2) is 90.3 Å². The van der Waals surface area contributed by atoms with Gasteiger partial charge in [0.25, 0.3) is 0 Å². The molecule has 5 rings (SSSR count). The van der Waals surface area contributed by atoms with Crippen molar-refractivity contribution in [2.75, 3.05) is 5.75 Å². The minimum atomic E-state index is -0.898. The molecule has 0 unspecified atom stereocenters. The van der Waals surface area contributed by atoms with Gasteiger partial charge in [-0.05, 0) is 40.3 Å². The Morgan fingerprint density at radius 3 is 2.40 bits per heavy atom. The third-order valence-electron chi connectivity index (χ3n) is 8.00. The molecule has 0 saturated carbocycles. The van der Waals surface area contributed by atoms with Gasteiger partial charge in [0.05, 0.1) is 18.8 Å².